The number of hydrogen-bond donors (Lipinski definition) is 0. The summed E-state index contributed by atoms with van der Waals surface area (Å²) in [6.07, 6.45) is -3.43. The van der Waals surface area contributed by atoms with Gasteiger partial charge in [0.05, 0.1) is 18.4 Å². The third kappa shape index (κ3) is 6.19. The summed E-state index contributed by atoms with van der Waals surface area (Å²) in [5.74, 6) is -0.634. The first-order valence-corrected chi connectivity index (χ1v) is 9.48. The van der Waals surface area contributed by atoms with Gasteiger partial charge < -0.3 is 14.4 Å². The van der Waals surface area contributed by atoms with Gasteiger partial charge in [-0.1, -0.05) is 33.6 Å². The molecule has 0 bridgehead atoms. The Kier molecular flexibility index (Phi) is 8.01. The molecule has 0 aliphatic heterocycles. The number of carbonyl (C=O) groups excluding carboxylic acids is 1. The van der Waals surface area contributed by atoms with Gasteiger partial charge in [0.1, 0.15) is 13.7 Å². The van der Waals surface area contributed by atoms with E-state index in [1.54, 1.807) is 6.92 Å². The lowest BCUT2D eigenvalue weighted by Crippen LogP contribution is -2.23. The van der Waals surface area contributed by atoms with Crippen molar-refractivity contribution in [1.82, 2.24) is 0 Å². The molecule has 168 valence electrons. The van der Waals surface area contributed by atoms with E-state index < -0.39 is 17.7 Å². The Morgan fingerprint density at radius 1 is 1.10 bits per heavy atom. The van der Waals surface area contributed by atoms with Crippen molar-refractivity contribution in [3.8, 4) is 0 Å². The van der Waals surface area contributed by atoms with Gasteiger partial charge in [0, 0.05) is 0 Å². The zero-order valence-corrected chi connectivity index (χ0v) is 18.1. The number of methoxy groups -OCH3 is 1. The molecule has 9 heteroatoms. The fourth-order valence-electron chi connectivity index (χ4n) is 3.09. The Morgan fingerprint density at radius 2 is 1.77 bits per heavy atom. The largest absolute Gasteiger partial charge is 0.464 e. The maximum absolute atomic E-state index is 12.9. The predicted molar refractivity (Wildman–Crippen MR) is 111 cm³/mol. The summed E-state index contributed by atoms with van der Waals surface area (Å²) in [6, 6.07) is 4.86. The Balaban J connectivity index is 2.27. The highest BCUT2D eigenvalue weighted by Crippen LogP contribution is 2.32. The number of alkyl halides is 3. The Morgan fingerprint density at radius 3 is 2.39 bits per heavy atom. The number of allylic oxidation sites excluding steroid dienone is 2. The molecule has 0 radical (unpaired) electrons. The lowest BCUT2D eigenvalue weighted by Gasteiger charge is -2.22. The normalized spacial score (nSPS) is 15.9. The third-order valence-electron chi connectivity index (χ3n) is 4.97. The van der Waals surface area contributed by atoms with E-state index in [2.05, 4.69) is 10.3 Å². The average molecular weight is 438 g/mol. The Hall–Kier alpha value is -3.10. The summed E-state index contributed by atoms with van der Waals surface area (Å²) in [5.41, 5.74) is 3.51. The van der Waals surface area contributed by atoms with Crippen LogP contribution < -0.4 is 0 Å². The molecule has 0 saturated heterocycles. The summed E-state index contributed by atoms with van der Waals surface area (Å²) in [7, 11) is 2.59. The molecule has 1 aliphatic carbocycles. The molecule has 0 heterocycles. The molecule has 6 nitrogen and oxygen atoms in total. The summed E-state index contributed by atoms with van der Waals surface area (Å²) in [5, 5.41) is 7.79. The van der Waals surface area contributed by atoms with E-state index in [4.69, 9.17) is 14.4 Å². The van der Waals surface area contributed by atoms with E-state index in [1.165, 1.54) is 26.4 Å². The van der Waals surface area contributed by atoms with E-state index in [-0.39, 0.29) is 12.3 Å². The van der Waals surface area contributed by atoms with Crippen molar-refractivity contribution in [2.24, 2.45) is 10.3 Å². The van der Waals surface area contributed by atoms with Crippen molar-refractivity contribution in [2.75, 3.05) is 20.8 Å². The van der Waals surface area contributed by atoms with Crippen LogP contribution in [0.15, 0.2) is 56.9 Å². The van der Waals surface area contributed by atoms with Crippen LogP contribution in [0.25, 0.3) is 0 Å². The maximum Gasteiger partial charge on any atom is 0.416 e. The molecule has 0 saturated carbocycles. The van der Waals surface area contributed by atoms with Crippen molar-refractivity contribution in [3.05, 3.63) is 57.7 Å². The molecule has 1 aliphatic rings. The second kappa shape index (κ2) is 10.3. The zero-order valence-electron chi connectivity index (χ0n) is 18.1. The van der Waals surface area contributed by atoms with Crippen molar-refractivity contribution in [3.63, 3.8) is 0 Å². The highest BCUT2D eigenvalue weighted by atomic mass is 19.4. The fraction of sp³-hybridized carbons (Fsp3) is 0.409. The minimum atomic E-state index is -4.44. The van der Waals surface area contributed by atoms with Crippen LogP contribution in [0.1, 0.15) is 44.7 Å². The minimum Gasteiger partial charge on any atom is -0.464 e. The van der Waals surface area contributed by atoms with Crippen LogP contribution in [-0.4, -0.2) is 38.2 Å². The molecule has 0 atom stereocenters. The van der Waals surface area contributed by atoms with Gasteiger partial charge in [0.15, 0.2) is 5.71 Å². The molecular weight excluding hydrogens is 413 g/mol. The smallest absolute Gasteiger partial charge is 0.416 e. The lowest BCUT2D eigenvalue weighted by molar-refractivity contribution is -0.137. The molecular formula is C22H25F3N2O4. The average Bonchev–Trinajstić information content (AvgIpc) is 2.73. The number of hydrogen-bond acceptors (Lipinski definition) is 6. The second-order valence-corrected chi connectivity index (χ2v) is 7.14. The fourth-order valence-corrected chi connectivity index (χ4v) is 3.09. The van der Waals surface area contributed by atoms with Crippen molar-refractivity contribution < 1.29 is 32.4 Å². The minimum absolute atomic E-state index is 0.0377. The summed E-state index contributed by atoms with van der Waals surface area (Å²) < 4.78 is 43.6. The lowest BCUT2D eigenvalue weighted by atomic mass is 9.85. The molecule has 0 aromatic heterocycles. The molecule has 0 N–H and O–H groups in total. The number of oxime groups is 2. The number of nitrogens with zero attached hydrogens (tertiary/aromatic N) is 2. The molecule has 31 heavy (non-hydrogen) atoms. The number of esters is 1. The summed E-state index contributed by atoms with van der Waals surface area (Å²) >= 11 is 0. The molecule has 2 rings (SSSR count). The van der Waals surface area contributed by atoms with Crippen LogP contribution in [0.4, 0.5) is 13.2 Å². The molecule has 0 spiro atoms. The van der Waals surface area contributed by atoms with Gasteiger partial charge in [-0.3, -0.25) is 0 Å². The first-order chi connectivity index (χ1) is 14.6. The SMILES string of the molecule is CO/N=C(\C(=O)OC)C1=C(CO/N=C(/C)c2cccc(C(F)(F)F)c2)CC(C)=C(C)C1. The Labute approximate surface area is 179 Å². The van der Waals surface area contributed by atoms with Crippen LogP contribution in [0.3, 0.4) is 0 Å². The molecule has 0 fully saturated rings. The number of ether oxygens (including phenoxy) is 1. The van der Waals surface area contributed by atoms with Crippen LogP contribution in [0.5, 0.6) is 0 Å². The third-order valence-corrected chi connectivity index (χ3v) is 4.97. The number of benzene rings is 1. The van der Waals surface area contributed by atoms with Crippen molar-refractivity contribution >= 4 is 17.4 Å². The Bertz CT molecular complexity index is 960. The van der Waals surface area contributed by atoms with Gasteiger partial charge >= 0.3 is 12.1 Å². The first-order valence-electron chi connectivity index (χ1n) is 9.48. The standard InChI is InChI=1S/C22H25F3N2O4/c1-13-9-17(19(10-14(13)2)20(27-30-5)21(28)29-4)12-31-26-15(3)16-7-6-8-18(11-16)22(23,24)25/h6-8,11H,9-10,12H2,1-5H3/b26-15-,27-20-. The van der Waals surface area contributed by atoms with Crippen LogP contribution >= 0.6 is 0 Å². The van der Waals surface area contributed by atoms with Crippen molar-refractivity contribution in [1.29, 1.82) is 0 Å². The highest BCUT2D eigenvalue weighted by molar-refractivity contribution is 6.43. The van der Waals surface area contributed by atoms with Gasteiger partial charge in [-0.25, -0.2) is 4.79 Å². The van der Waals surface area contributed by atoms with E-state index >= 15 is 0 Å². The number of halogens is 3. The van der Waals surface area contributed by atoms with E-state index in [0.717, 1.165) is 28.9 Å². The quantitative estimate of drug-likeness (QED) is 0.259. The molecule has 0 amide bonds. The first kappa shape index (κ1) is 24.2. The van der Waals surface area contributed by atoms with E-state index in [0.29, 0.717) is 29.7 Å². The monoisotopic (exact) mass is 438 g/mol. The number of carbonyl (C=O) groups is 1. The summed E-state index contributed by atoms with van der Waals surface area (Å²) in [4.78, 5) is 22.4. The van der Waals surface area contributed by atoms with Gasteiger partial charge in [-0.2, -0.15) is 13.2 Å². The second-order valence-electron chi connectivity index (χ2n) is 7.14. The van der Waals surface area contributed by atoms with Gasteiger partial charge in [0.25, 0.3) is 0 Å². The van der Waals surface area contributed by atoms with E-state index in [1.807, 2.05) is 13.8 Å². The summed E-state index contributed by atoms with van der Waals surface area (Å²) in [6.45, 7) is 5.54. The van der Waals surface area contributed by atoms with Gasteiger partial charge in [-0.15, -0.1) is 0 Å². The zero-order chi connectivity index (χ0) is 23.2. The van der Waals surface area contributed by atoms with E-state index in [9.17, 15) is 18.0 Å². The predicted octanol–water partition coefficient (Wildman–Crippen LogP) is 5.05. The molecule has 1 aromatic carbocycles. The topological polar surface area (TPSA) is 69.5 Å². The van der Waals surface area contributed by atoms with Crippen LogP contribution in [0, 0.1) is 0 Å². The van der Waals surface area contributed by atoms with Gasteiger partial charge in [0.2, 0.25) is 0 Å². The van der Waals surface area contributed by atoms with Crippen LogP contribution in [-0.2, 0) is 25.4 Å². The van der Waals surface area contributed by atoms with Crippen molar-refractivity contribution in [2.45, 2.75) is 39.8 Å². The molecule has 0 unspecified atom stereocenters. The highest BCUT2D eigenvalue weighted by Gasteiger charge is 2.30. The number of rotatable bonds is 7. The van der Waals surface area contributed by atoms with Crippen LogP contribution in [0.2, 0.25) is 0 Å². The molecule has 1 aromatic rings. The van der Waals surface area contributed by atoms with Gasteiger partial charge in [-0.05, 0) is 62.5 Å². The maximum atomic E-state index is 12.9.